The van der Waals surface area contributed by atoms with Crippen LogP contribution >= 0.6 is 11.6 Å². The summed E-state index contributed by atoms with van der Waals surface area (Å²) in [5, 5.41) is 13.6. The quantitative estimate of drug-likeness (QED) is 0.439. The number of benzene rings is 2. The molecule has 25 heavy (non-hydrogen) atoms. The van der Waals surface area contributed by atoms with Gasteiger partial charge in [0.25, 0.3) is 11.6 Å². The van der Waals surface area contributed by atoms with Crippen LogP contribution in [0.2, 0.25) is 5.02 Å². The van der Waals surface area contributed by atoms with Crippen LogP contribution in [0.25, 0.3) is 0 Å². The first-order chi connectivity index (χ1) is 12.0. The summed E-state index contributed by atoms with van der Waals surface area (Å²) in [5.41, 5.74) is 1.25. The fourth-order valence-electron chi connectivity index (χ4n) is 2.48. The van der Waals surface area contributed by atoms with Gasteiger partial charge in [-0.15, -0.1) is 0 Å². The highest BCUT2D eigenvalue weighted by Crippen LogP contribution is 2.22. The lowest BCUT2D eigenvalue weighted by Gasteiger charge is -2.23. The zero-order chi connectivity index (χ0) is 18.2. The van der Waals surface area contributed by atoms with Gasteiger partial charge in [0.2, 0.25) is 0 Å². The zero-order valence-electron chi connectivity index (χ0n) is 13.9. The molecule has 132 valence electrons. The highest BCUT2D eigenvalue weighted by atomic mass is 35.5. The van der Waals surface area contributed by atoms with Crippen LogP contribution in [-0.2, 0) is 0 Å². The number of nitro groups is 1. The van der Waals surface area contributed by atoms with Gasteiger partial charge in [-0.3, -0.25) is 14.9 Å². The minimum absolute atomic E-state index is 0.0752. The van der Waals surface area contributed by atoms with Crippen molar-refractivity contribution in [3.8, 4) is 0 Å². The van der Waals surface area contributed by atoms with Crippen LogP contribution in [-0.4, -0.2) is 30.5 Å². The lowest BCUT2D eigenvalue weighted by molar-refractivity contribution is -0.384. The molecule has 0 heterocycles. The number of nitrogens with one attached hydrogen (secondary N) is 1. The van der Waals surface area contributed by atoms with Crippen LogP contribution in [0.5, 0.6) is 0 Å². The van der Waals surface area contributed by atoms with Crippen LogP contribution in [0, 0.1) is 10.1 Å². The zero-order valence-corrected chi connectivity index (χ0v) is 14.7. The largest absolute Gasteiger partial charge is 0.372 e. The number of halogens is 1. The molecule has 0 unspecified atom stereocenters. The van der Waals surface area contributed by atoms with Gasteiger partial charge < -0.3 is 10.2 Å². The summed E-state index contributed by atoms with van der Waals surface area (Å²) in [5.74, 6) is -0.331. The number of nitrogens with zero attached hydrogens (tertiary/aromatic N) is 2. The van der Waals surface area contributed by atoms with Crippen molar-refractivity contribution < 1.29 is 9.72 Å². The maximum atomic E-state index is 12.2. The van der Waals surface area contributed by atoms with Crippen molar-refractivity contribution in [2.24, 2.45) is 0 Å². The van der Waals surface area contributed by atoms with E-state index < -0.39 is 4.92 Å². The van der Waals surface area contributed by atoms with E-state index in [1.807, 2.05) is 18.2 Å². The summed E-state index contributed by atoms with van der Waals surface area (Å²) in [6, 6.07) is 13.9. The Morgan fingerprint density at radius 3 is 2.56 bits per heavy atom. The minimum atomic E-state index is -0.545. The Bertz CT molecular complexity index is 738. The van der Waals surface area contributed by atoms with Crippen molar-refractivity contribution in [2.45, 2.75) is 13.3 Å². The lowest BCUT2D eigenvalue weighted by Crippen LogP contribution is -2.30. The van der Waals surface area contributed by atoms with Gasteiger partial charge in [0.05, 0.1) is 15.5 Å². The molecule has 0 aliphatic heterocycles. The summed E-state index contributed by atoms with van der Waals surface area (Å²) >= 11 is 5.96. The molecule has 0 radical (unpaired) electrons. The van der Waals surface area contributed by atoms with Crippen molar-refractivity contribution in [3.05, 3.63) is 69.2 Å². The van der Waals surface area contributed by atoms with Crippen LogP contribution in [0.1, 0.15) is 23.7 Å². The number of hydrogen-bond acceptors (Lipinski definition) is 4. The molecular formula is C18H20ClN3O3. The van der Waals surface area contributed by atoms with Crippen molar-refractivity contribution >= 4 is 28.9 Å². The number of rotatable bonds is 8. The number of hydrogen-bond donors (Lipinski definition) is 1. The lowest BCUT2D eigenvalue weighted by atomic mass is 10.2. The van der Waals surface area contributed by atoms with E-state index >= 15 is 0 Å². The molecule has 2 aromatic rings. The molecule has 0 aromatic heterocycles. The van der Waals surface area contributed by atoms with Crippen LogP contribution in [0.4, 0.5) is 11.4 Å². The summed E-state index contributed by atoms with van der Waals surface area (Å²) in [4.78, 5) is 24.5. The molecular weight excluding hydrogens is 342 g/mol. The third-order valence-corrected chi connectivity index (χ3v) is 4.11. The van der Waals surface area contributed by atoms with Crippen molar-refractivity contribution in [1.82, 2.24) is 5.32 Å². The average molecular weight is 362 g/mol. The Balaban J connectivity index is 1.85. The van der Waals surface area contributed by atoms with Gasteiger partial charge in [0.15, 0.2) is 0 Å². The molecule has 0 saturated carbocycles. The fourth-order valence-corrected chi connectivity index (χ4v) is 2.74. The summed E-state index contributed by atoms with van der Waals surface area (Å²) < 4.78 is 0. The van der Waals surface area contributed by atoms with E-state index in [1.54, 1.807) is 0 Å². The molecule has 7 heteroatoms. The van der Waals surface area contributed by atoms with Gasteiger partial charge in [0.1, 0.15) is 0 Å². The first kappa shape index (κ1) is 18.7. The molecule has 0 saturated heterocycles. The molecule has 1 N–H and O–H groups in total. The van der Waals surface area contributed by atoms with Crippen molar-refractivity contribution in [1.29, 1.82) is 0 Å². The minimum Gasteiger partial charge on any atom is -0.372 e. The summed E-state index contributed by atoms with van der Waals surface area (Å²) in [6.07, 6.45) is 0.777. The fraction of sp³-hybridized carbons (Fsp3) is 0.278. The summed E-state index contributed by atoms with van der Waals surface area (Å²) in [6.45, 7) is 4.28. The highest BCUT2D eigenvalue weighted by Gasteiger charge is 2.14. The number of non-ortho nitro benzene ring substituents is 1. The smallest absolute Gasteiger partial charge is 0.270 e. The van der Waals surface area contributed by atoms with Crippen LogP contribution < -0.4 is 10.2 Å². The van der Waals surface area contributed by atoms with Gasteiger partial charge in [-0.1, -0.05) is 29.8 Å². The maximum absolute atomic E-state index is 12.2. The Labute approximate surface area is 151 Å². The SMILES string of the molecule is CCN(CCCNC(=O)c1ccc([N+](=O)[O-])cc1Cl)c1ccccc1. The van der Waals surface area contributed by atoms with E-state index in [2.05, 4.69) is 29.3 Å². The number of carbonyl (C=O) groups excluding carboxylic acids is 1. The van der Waals surface area contributed by atoms with E-state index in [1.165, 1.54) is 18.2 Å². The average Bonchev–Trinajstić information content (AvgIpc) is 2.62. The van der Waals surface area contributed by atoms with E-state index in [4.69, 9.17) is 11.6 Å². The number of anilines is 1. The van der Waals surface area contributed by atoms with Crippen LogP contribution in [0.3, 0.4) is 0 Å². The molecule has 1 amide bonds. The van der Waals surface area contributed by atoms with Crippen molar-refractivity contribution in [3.63, 3.8) is 0 Å². The number of para-hydroxylation sites is 1. The van der Waals surface area contributed by atoms with Gasteiger partial charge in [-0.25, -0.2) is 0 Å². The molecule has 0 spiro atoms. The highest BCUT2D eigenvalue weighted by molar-refractivity contribution is 6.34. The third-order valence-electron chi connectivity index (χ3n) is 3.80. The second-order valence-corrected chi connectivity index (χ2v) is 5.85. The number of carbonyl (C=O) groups is 1. The third kappa shape index (κ3) is 5.19. The van der Waals surface area contributed by atoms with Gasteiger partial charge in [-0.05, 0) is 31.5 Å². The molecule has 0 atom stereocenters. The Hall–Kier alpha value is -2.60. The molecule has 6 nitrogen and oxygen atoms in total. The predicted octanol–water partition coefficient (Wildman–Crippen LogP) is 3.89. The number of amides is 1. The van der Waals surface area contributed by atoms with Crippen LogP contribution in [0.15, 0.2) is 48.5 Å². The van der Waals surface area contributed by atoms with E-state index in [9.17, 15) is 14.9 Å². The van der Waals surface area contributed by atoms with E-state index in [-0.39, 0.29) is 22.2 Å². The monoisotopic (exact) mass is 361 g/mol. The normalized spacial score (nSPS) is 10.3. The maximum Gasteiger partial charge on any atom is 0.270 e. The number of nitro benzene ring substituents is 1. The Kier molecular flexibility index (Phi) is 6.77. The van der Waals surface area contributed by atoms with Gasteiger partial charge in [-0.2, -0.15) is 0 Å². The van der Waals surface area contributed by atoms with E-state index in [0.29, 0.717) is 6.54 Å². The van der Waals surface area contributed by atoms with Crippen molar-refractivity contribution in [2.75, 3.05) is 24.5 Å². The predicted molar refractivity (Wildman–Crippen MR) is 99.4 cm³/mol. The Morgan fingerprint density at radius 2 is 1.96 bits per heavy atom. The molecule has 0 aliphatic rings. The summed E-state index contributed by atoms with van der Waals surface area (Å²) in [7, 11) is 0. The topological polar surface area (TPSA) is 75.5 Å². The molecule has 2 rings (SSSR count). The Morgan fingerprint density at radius 1 is 1.24 bits per heavy atom. The molecule has 2 aromatic carbocycles. The second kappa shape index (κ2) is 9.03. The van der Waals surface area contributed by atoms with Gasteiger partial charge in [0, 0.05) is 37.5 Å². The molecule has 0 fully saturated rings. The van der Waals surface area contributed by atoms with E-state index in [0.717, 1.165) is 25.2 Å². The first-order valence-corrected chi connectivity index (χ1v) is 8.43. The second-order valence-electron chi connectivity index (χ2n) is 5.45. The van der Waals surface area contributed by atoms with Gasteiger partial charge >= 0.3 is 0 Å². The first-order valence-electron chi connectivity index (χ1n) is 8.05. The molecule has 0 aliphatic carbocycles. The standard InChI is InChI=1S/C18H20ClN3O3/c1-2-21(14-7-4-3-5-8-14)12-6-11-20-18(23)16-10-9-15(22(24)25)13-17(16)19/h3-5,7-10,13H,2,6,11-12H2,1H3,(H,20,23). The molecule has 0 bridgehead atoms.